The fourth-order valence-electron chi connectivity index (χ4n) is 1.92. The van der Waals surface area contributed by atoms with E-state index < -0.39 is 0 Å². The third kappa shape index (κ3) is 3.64. The minimum Gasteiger partial charge on any atom is -0.350 e. The lowest BCUT2D eigenvalue weighted by Gasteiger charge is -2.17. The van der Waals surface area contributed by atoms with E-state index in [0.29, 0.717) is 11.0 Å². The van der Waals surface area contributed by atoms with Crippen molar-refractivity contribution in [3.8, 4) is 0 Å². The highest BCUT2D eigenvalue weighted by Crippen LogP contribution is 2.17. The number of nitrogens with zero attached hydrogens (tertiary/aromatic N) is 2. The molecule has 1 saturated heterocycles. The van der Waals surface area contributed by atoms with E-state index in [9.17, 15) is 4.79 Å². The summed E-state index contributed by atoms with van der Waals surface area (Å²) in [6, 6.07) is -0.119. The van der Waals surface area contributed by atoms with Crippen LogP contribution in [0.1, 0.15) is 26.7 Å². The number of hydrogen-bond acceptors (Lipinski definition) is 3. The van der Waals surface area contributed by atoms with Crippen molar-refractivity contribution >= 4 is 23.2 Å². The van der Waals surface area contributed by atoms with E-state index in [0.717, 1.165) is 25.9 Å². The Bertz CT molecular complexity index is 293. The van der Waals surface area contributed by atoms with Crippen LogP contribution in [0.25, 0.3) is 0 Å². The lowest BCUT2D eigenvalue weighted by atomic mass is 9.99. The van der Waals surface area contributed by atoms with Crippen LogP contribution in [0.3, 0.4) is 0 Å². The van der Waals surface area contributed by atoms with Crippen molar-refractivity contribution in [1.82, 2.24) is 15.1 Å². The first-order chi connectivity index (χ1) is 7.97. The molecule has 0 aromatic heterocycles. The average Bonchev–Trinajstić information content (AvgIpc) is 2.55. The Hall–Kier alpha value is -0.680. The maximum Gasteiger partial charge on any atom is 0.251 e. The Balaban J connectivity index is 2.51. The second kappa shape index (κ2) is 6.31. The smallest absolute Gasteiger partial charge is 0.251 e. The van der Waals surface area contributed by atoms with Gasteiger partial charge < -0.3 is 10.2 Å². The molecule has 1 fully saturated rings. The highest BCUT2D eigenvalue weighted by atomic mass is 32.1. The standard InChI is InChI=1S/C12H23N3OS/c1-5-9(2)10-11(16)15(12(17)13-10)8-6-7-14(3)4/h9-10H,5-8H2,1-4H3,(H,13,17). The van der Waals surface area contributed by atoms with E-state index in [-0.39, 0.29) is 11.9 Å². The molecule has 1 aliphatic heterocycles. The maximum absolute atomic E-state index is 12.2. The van der Waals surface area contributed by atoms with Gasteiger partial charge in [-0.05, 0) is 45.2 Å². The summed E-state index contributed by atoms with van der Waals surface area (Å²) >= 11 is 5.22. The second-order valence-corrected chi connectivity index (χ2v) is 5.35. The number of amides is 1. The molecule has 17 heavy (non-hydrogen) atoms. The number of thiocarbonyl (C=S) groups is 1. The first-order valence-corrected chi connectivity index (χ1v) is 6.64. The average molecular weight is 257 g/mol. The van der Waals surface area contributed by atoms with Crippen LogP contribution in [0.4, 0.5) is 0 Å². The minimum absolute atomic E-state index is 0.119. The largest absolute Gasteiger partial charge is 0.350 e. The number of nitrogens with one attached hydrogen (secondary N) is 1. The first kappa shape index (κ1) is 14.4. The second-order valence-electron chi connectivity index (χ2n) is 4.96. The zero-order valence-electron chi connectivity index (χ0n) is 11.2. The summed E-state index contributed by atoms with van der Waals surface area (Å²) in [6.45, 7) is 5.87. The van der Waals surface area contributed by atoms with Gasteiger partial charge in [-0.1, -0.05) is 20.3 Å². The van der Waals surface area contributed by atoms with Crippen molar-refractivity contribution in [3.63, 3.8) is 0 Å². The maximum atomic E-state index is 12.2. The Morgan fingerprint density at radius 3 is 2.71 bits per heavy atom. The predicted molar refractivity (Wildman–Crippen MR) is 73.9 cm³/mol. The molecule has 1 amide bonds. The van der Waals surface area contributed by atoms with Crippen LogP contribution in [0, 0.1) is 5.92 Å². The molecule has 1 aliphatic rings. The summed E-state index contributed by atoms with van der Waals surface area (Å²) in [5, 5.41) is 3.73. The lowest BCUT2D eigenvalue weighted by Crippen LogP contribution is -2.36. The molecular weight excluding hydrogens is 234 g/mol. The van der Waals surface area contributed by atoms with Crippen molar-refractivity contribution < 1.29 is 4.79 Å². The van der Waals surface area contributed by atoms with Gasteiger partial charge in [-0.2, -0.15) is 0 Å². The number of hydrogen-bond donors (Lipinski definition) is 1. The van der Waals surface area contributed by atoms with E-state index in [4.69, 9.17) is 12.2 Å². The molecule has 0 bridgehead atoms. The van der Waals surface area contributed by atoms with Gasteiger partial charge in [-0.3, -0.25) is 9.69 Å². The molecule has 1 N–H and O–H groups in total. The molecule has 0 aromatic rings. The molecule has 0 aromatic carbocycles. The highest BCUT2D eigenvalue weighted by molar-refractivity contribution is 7.80. The zero-order chi connectivity index (χ0) is 13.0. The van der Waals surface area contributed by atoms with Crippen molar-refractivity contribution in [1.29, 1.82) is 0 Å². The summed E-state index contributed by atoms with van der Waals surface area (Å²) in [6.07, 6.45) is 1.94. The molecule has 1 rings (SSSR count). The molecule has 5 heteroatoms. The van der Waals surface area contributed by atoms with Gasteiger partial charge in [-0.25, -0.2) is 0 Å². The molecule has 2 atom stereocenters. The summed E-state index contributed by atoms with van der Waals surface area (Å²) < 4.78 is 0. The lowest BCUT2D eigenvalue weighted by molar-refractivity contribution is -0.128. The van der Waals surface area contributed by atoms with E-state index in [2.05, 4.69) is 24.1 Å². The van der Waals surface area contributed by atoms with E-state index in [1.165, 1.54) is 0 Å². The van der Waals surface area contributed by atoms with Gasteiger partial charge in [0.15, 0.2) is 5.11 Å². The molecule has 98 valence electrons. The third-order valence-electron chi connectivity index (χ3n) is 3.26. The molecule has 0 spiro atoms. The molecule has 0 saturated carbocycles. The van der Waals surface area contributed by atoms with Gasteiger partial charge in [0, 0.05) is 6.54 Å². The van der Waals surface area contributed by atoms with Crippen LogP contribution in [0.15, 0.2) is 0 Å². The number of rotatable bonds is 6. The molecule has 0 aliphatic carbocycles. The Kier molecular flexibility index (Phi) is 5.33. The predicted octanol–water partition coefficient (Wildman–Crippen LogP) is 1.07. The van der Waals surface area contributed by atoms with Crippen LogP contribution < -0.4 is 5.32 Å². The summed E-state index contributed by atoms with van der Waals surface area (Å²) in [7, 11) is 4.06. The van der Waals surface area contributed by atoms with Gasteiger partial charge in [0.05, 0.1) is 0 Å². The monoisotopic (exact) mass is 257 g/mol. The quantitative estimate of drug-likeness (QED) is 0.722. The molecule has 2 unspecified atom stereocenters. The molecule has 1 heterocycles. The van der Waals surface area contributed by atoms with Crippen LogP contribution >= 0.6 is 12.2 Å². The fraction of sp³-hybridized carbons (Fsp3) is 0.833. The van der Waals surface area contributed by atoms with E-state index >= 15 is 0 Å². The molecular formula is C12H23N3OS. The van der Waals surface area contributed by atoms with Crippen LogP contribution in [-0.2, 0) is 4.79 Å². The van der Waals surface area contributed by atoms with Crippen LogP contribution in [-0.4, -0.2) is 54.0 Å². The van der Waals surface area contributed by atoms with Crippen molar-refractivity contribution in [2.75, 3.05) is 27.2 Å². The van der Waals surface area contributed by atoms with Crippen molar-refractivity contribution in [3.05, 3.63) is 0 Å². The normalized spacial score (nSPS) is 22.2. The fourth-order valence-corrected chi connectivity index (χ4v) is 2.23. The van der Waals surface area contributed by atoms with Gasteiger partial charge >= 0.3 is 0 Å². The van der Waals surface area contributed by atoms with Gasteiger partial charge in [0.1, 0.15) is 6.04 Å². The molecule has 0 radical (unpaired) electrons. The summed E-state index contributed by atoms with van der Waals surface area (Å²) in [4.78, 5) is 16.0. The third-order valence-corrected chi connectivity index (χ3v) is 3.59. The van der Waals surface area contributed by atoms with E-state index in [1.807, 2.05) is 14.1 Å². The Morgan fingerprint density at radius 2 is 2.18 bits per heavy atom. The zero-order valence-corrected chi connectivity index (χ0v) is 12.0. The van der Waals surface area contributed by atoms with E-state index in [1.54, 1.807) is 4.90 Å². The number of carbonyl (C=O) groups is 1. The molecule has 4 nitrogen and oxygen atoms in total. The summed E-state index contributed by atoms with van der Waals surface area (Å²) in [5.74, 6) is 0.474. The first-order valence-electron chi connectivity index (χ1n) is 6.24. The SMILES string of the molecule is CCC(C)C1NC(=S)N(CCCN(C)C)C1=O. The van der Waals surface area contributed by atoms with Crippen LogP contribution in [0.2, 0.25) is 0 Å². The Labute approximate surface area is 109 Å². The van der Waals surface area contributed by atoms with Crippen LogP contribution in [0.5, 0.6) is 0 Å². The van der Waals surface area contributed by atoms with Gasteiger partial charge in [0.25, 0.3) is 5.91 Å². The topological polar surface area (TPSA) is 35.6 Å². The van der Waals surface area contributed by atoms with Crippen molar-refractivity contribution in [2.45, 2.75) is 32.7 Å². The Morgan fingerprint density at radius 1 is 1.53 bits per heavy atom. The van der Waals surface area contributed by atoms with Gasteiger partial charge in [-0.15, -0.1) is 0 Å². The number of carbonyl (C=O) groups excluding carboxylic acids is 1. The summed E-state index contributed by atoms with van der Waals surface area (Å²) in [5.41, 5.74) is 0. The minimum atomic E-state index is -0.119. The highest BCUT2D eigenvalue weighted by Gasteiger charge is 2.37. The van der Waals surface area contributed by atoms with Gasteiger partial charge in [0.2, 0.25) is 0 Å². The van der Waals surface area contributed by atoms with Crippen molar-refractivity contribution in [2.24, 2.45) is 5.92 Å².